The van der Waals surface area contributed by atoms with Gasteiger partial charge in [-0.2, -0.15) is 0 Å². The predicted octanol–water partition coefficient (Wildman–Crippen LogP) is 2.71. The average Bonchev–Trinajstić information content (AvgIpc) is 2.73. The lowest BCUT2D eigenvalue weighted by molar-refractivity contribution is 0.239. The van der Waals surface area contributed by atoms with Gasteiger partial charge in [-0.3, -0.25) is 0 Å². The van der Waals surface area contributed by atoms with Gasteiger partial charge in [0.2, 0.25) is 0 Å². The zero-order valence-corrected chi connectivity index (χ0v) is 11.5. The van der Waals surface area contributed by atoms with E-state index in [1.807, 2.05) is 12.1 Å². The number of nitrogens with zero attached hydrogens (tertiary/aromatic N) is 1. The van der Waals surface area contributed by atoms with E-state index in [2.05, 4.69) is 35.2 Å². The maximum atomic E-state index is 6.10. The molecule has 0 saturated carbocycles. The summed E-state index contributed by atoms with van der Waals surface area (Å²) in [6.07, 6.45) is 0. The predicted molar refractivity (Wildman–Crippen MR) is 76.3 cm³/mol. The molecule has 18 heavy (non-hydrogen) atoms. The summed E-state index contributed by atoms with van der Waals surface area (Å²) < 4.78 is 0. The van der Waals surface area contributed by atoms with Gasteiger partial charge < -0.3 is 15.2 Å². The molecular formula is C14H18ClN3. The first kappa shape index (κ1) is 12.0. The van der Waals surface area contributed by atoms with Crippen molar-refractivity contribution in [2.24, 2.45) is 0 Å². The molecule has 2 aromatic rings. The van der Waals surface area contributed by atoms with E-state index in [0.717, 1.165) is 24.7 Å². The summed E-state index contributed by atoms with van der Waals surface area (Å²) in [5.41, 5.74) is 3.65. The molecule has 1 fully saturated rings. The second-order valence-corrected chi connectivity index (χ2v) is 5.62. The Labute approximate surface area is 112 Å². The number of likely N-dealkylation sites (N-methyl/N-ethyl adjacent to an activating group) is 1. The number of fused-ring (bicyclic) bond motifs is 1. The summed E-state index contributed by atoms with van der Waals surface area (Å²) in [6, 6.07) is 6.63. The minimum Gasteiger partial charge on any atom is -0.357 e. The summed E-state index contributed by atoms with van der Waals surface area (Å²) in [7, 11) is 2.17. The lowest BCUT2D eigenvalue weighted by atomic mass is 10.1. The fourth-order valence-corrected chi connectivity index (χ4v) is 2.98. The van der Waals surface area contributed by atoms with Crippen molar-refractivity contribution in [1.29, 1.82) is 0 Å². The van der Waals surface area contributed by atoms with Gasteiger partial charge in [0.25, 0.3) is 0 Å². The molecule has 1 aromatic carbocycles. The van der Waals surface area contributed by atoms with Crippen LogP contribution < -0.4 is 5.32 Å². The smallest absolute Gasteiger partial charge is 0.0602 e. The van der Waals surface area contributed by atoms with E-state index in [9.17, 15) is 0 Å². The summed E-state index contributed by atoms with van der Waals surface area (Å²) >= 11 is 6.10. The standard InChI is InChI=1S/C14H18ClN3/c1-9-5-11(15)6-10-7-12(17-14(9)10)13-8-18(2)4-3-16-13/h5-7,13,16-17H,3-4,8H2,1-2H3. The van der Waals surface area contributed by atoms with E-state index < -0.39 is 0 Å². The van der Waals surface area contributed by atoms with Crippen LogP contribution in [0.15, 0.2) is 18.2 Å². The molecule has 0 aliphatic carbocycles. The Morgan fingerprint density at radius 2 is 2.17 bits per heavy atom. The van der Waals surface area contributed by atoms with Crippen molar-refractivity contribution in [3.05, 3.63) is 34.5 Å². The van der Waals surface area contributed by atoms with E-state index in [-0.39, 0.29) is 0 Å². The number of aryl methyl sites for hydroxylation is 1. The highest BCUT2D eigenvalue weighted by Crippen LogP contribution is 2.27. The van der Waals surface area contributed by atoms with Gasteiger partial charge >= 0.3 is 0 Å². The van der Waals surface area contributed by atoms with Gasteiger partial charge in [0.05, 0.1) is 6.04 Å². The molecular weight excluding hydrogens is 246 g/mol. The first-order valence-electron chi connectivity index (χ1n) is 6.34. The number of hydrogen-bond donors (Lipinski definition) is 2. The van der Waals surface area contributed by atoms with Crippen LogP contribution in [0.2, 0.25) is 5.02 Å². The van der Waals surface area contributed by atoms with E-state index in [1.165, 1.54) is 22.2 Å². The second-order valence-electron chi connectivity index (χ2n) is 5.18. The van der Waals surface area contributed by atoms with E-state index >= 15 is 0 Å². The van der Waals surface area contributed by atoms with Crippen molar-refractivity contribution in [3.63, 3.8) is 0 Å². The Morgan fingerprint density at radius 1 is 1.33 bits per heavy atom. The number of nitrogens with one attached hydrogen (secondary N) is 2. The van der Waals surface area contributed by atoms with Crippen molar-refractivity contribution in [3.8, 4) is 0 Å². The fraction of sp³-hybridized carbons (Fsp3) is 0.429. The summed E-state index contributed by atoms with van der Waals surface area (Å²) in [6.45, 7) is 5.28. The molecule has 1 saturated heterocycles. The van der Waals surface area contributed by atoms with E-state index in [0.29, 0.717) is 6.04 Å². The monoisotopic (exact) mass is 263 g/mol. The first-order chi connectivity index (χ1) is 8.63. The zero-order valence-electron chi connectivity index (χ0n) is 10.8. The molecule has 1 atom stereocenters. The molecule has 96 valence electrons. The highest BCUT2D eigenvalue weighted by molar-refractivity contribution is 6.31. The highest BCUT2D eigenvalue weighted by Gasteiger charge is 2.20. The SMILES string of the molecule is Cc1cc(Cl)cc2cc(C3CN(C)CCN3)[nH]c12. The average molecular weight is 264 g/mol. The maximum Gasteiger partial charge on any atom is 0.0602 e. The zero-order chi connectivity index (χ0) is 12.7. The minimum atomic E-state index is 0.384. The van der Waals surface area contributed by atoms with Crippen LogP contribution in [0.5, 0.6) is 0 Å². The highest BCUT2D eigenvalue weighted by atomic mass is 35.5. The summed E-state index contributed by atoms with van der Waals surface area (Å²) in [5.74, 6) is 0. The topological polar surface area (TPSA) is 31.1 Å². The van der Waals surface area contributed by atoms with Gasteiger partial charge in [0, 0.05) is 41.3 Å². The quantitative estimate of drug-likeness (QED) is 0.829. The van der Waals surface area contributed by atoms with Crippen LogP contribution in [-0.2, 0) is 0 Å². The number of hydrogen-bond acceptors (Lipinski definition) is 2. The lowest BCUT2D eigenvalue weighted by Crippen LogP contribution is -2.43. The molecule has 0 bridgehead atoms. The Morgan fingerprint density at radius 3 is 2.94 bits per heavy atom. The van der Waals surface area contributed by atoms with E-state index in [1.54, 1.807) is 0 Å². The number of benzene rings is 1. The third-order valence-electron chi connectivity index (χ3n) is 3.67. The van der Waals surface area contributed by atoms with Crippen molar-refractivity contribution in [1.82, 2.24) is 15.2 Å². The first-order valence-corrected chi connectivity index (χ1v) is 6.72. The van der Waals surface area contributed by atoms with Crippen molar-refractivity contribution >= 4 is 22.5 Å². The molecule has 1 unspecified atom stereocenters. The third-order valence-corrected chi connectivity index (χ3v) is 3.88. The Kier molecular flexibility index (Phi) is 3.06. The van der Waals surface area contributed by atoms with Gasteiger partial charge in [-0.25, -0.2) is 0 Å². The largest absolute Gasteiger partial charge is 0.357 e. The molecule has 2 N–H and O–H groups in total. The number of piperazine rings is 1. The fourth-order valence-electron chi connectivity index (χ4n) is 2.69. The number of aromatic nitrogens is 1. The minimum absolute atomic E-state index is 0.384. The van der Waals surface area contributed by atoms with Gasteiger partial charge in [0.15, 0.2) is 0 Å². The van der Waals surface area contributed by atoms with Crippen LogP contribution >= 0.6 is 11.6 Å². The molecule has 1 aliphatic heterocycles. The second kappa shape index (κ2) is 4.57. The Hall–Kier alpha value is -1.03. The summed E-state index contributed by atoms with van der Waals surface area (Å²) in [5, 5.41) is 5.56. The Bertz CT molecular complexity index is 576. The summed E-state index contributed by atoms with van der Waals surface area (Å²) in [4.78, 5) is 5.89. The van der Waals surface area contributed by atoms with Crippen LogP contribution in [0.1, 0.15) is 17.3 Å². The molecule has 4 heteroatoms. The number of halogens is 1. The lowest BCUT2D eigenvalue weighted by Gasteiger charge is -2.30. The molecule has 1 aliphatic rings. The van der Waals surface area contributed by atoms with Gasteiger partial charge in [-0.15, -0.1) is 0 Å². The van der Waals surface area contributed by atoms with Crippen LogP contribution in [0, 0.1) is 6.92 Å². The Balaban J connectivity index is 2.00. The number of H-pyrrole nitrogens is 1. The number of aromatic amines is 1. The molecule has 0 radical (unpaired) electrons. The van der Waals surface area contributed by atoms with Gasteiger partial charge in [0.1, 0.15) is 0 Å². The van der Waals surface area contributed by atoms with Crippen LogP contribution in [0.3, 0.4) is 0 Å². The van der Waals surface area contributed by atoms with Crippen LogP contribution in [0.4, 0.5) is 0 Å². The van der Waals surface area contributed by atoms with Gasteiger partial charge in [-0.05, 0) is 37.7 Å². The third kappa shape index (κ3) is 2.14. The van der Waals surface area contributed by atoms with Crippen molar-refractivity contribution in [2.75, 3.05) is 26.7 Å². The van der Waals surface area contributed by atoms with Crippen molar-refractivity contribution in [2.45, 2.75) is 13.0 Å². The molecule has 2 heterocycles. The molecule has 3 nitrogen and oxygen atoms in total. The molecule has 0 spiro atoms. The van der Waals surface area contributed by atoms with Crippen LogP contribution in [0.25, 0.3) is 10.9 Å². The van der Waals surface area contributed by atoms with Crippen LogP contribution in [-0.4, -0.2) is 36.6 Å². The molecule has 1 aromatic heterocycles. The van der Waals surface area contributed by atoms with Gasteiger partial charge in [-0.1, -0.05) is 11.6 Å². The number of rotatable bonds is 1. The van der Waals surface area contributed by atoms with E-state index in [4.69, 9.17) is 11.6 Å². The van der Waals surface area contributed by atoms with Crippen molar-refractivity contribution < 1.29 is 0 Å². The molecule has 0 amide bonds. The maximum absolute atomic E-state index is 6.10. The molecule has 3 rings (SSSR count). The normalized spacial score (nSPS) is 21.6.